The Labute approximate surface area is 460 Å². The van der Waals surface area contributed by atoms with Crippen molar-refractivity contribution in [3.63, 3.8) is 0 Å². The molecule has 0 aliphatic carbocycles. The van der Waals surface area contributed by atoms with Crippen molar-refractivity contribution in [2.75, 3.05) is 13.2 Å². The molecule has 0 bridgehead atoms. The minimum absolute atomic E-state index is 0.0672. The van der Waals surface area contributed by atoms with Crippen LogP contribution in [0.5, 0.6) is 0 Å². The number of hydrogen-bond donors (Lipinski definition) is 0. The molecule has 0 saturated carbocycles. The Balaban J connectivity index is 3.93. The van der Waals surface area contributed by atoms with Gasteiger partial charge in [-0.25, -0.2) is 0 Å². The molecule has 6 nitrogen and oxygen atoms in total. The molecule has 0 aliphatic rings. The van der Waals surface area contributed by atoms with Crippen molar-refractivity contribution in [1.82, 2.24) is 0 Å². The summed E-state index contributed by atoms with van der Waals surface area (Å²) in [5, 5.41) is 0. The third-order valence-corrected chi connectivity index (χ3v) is 14.6. The topological polar surface area (TPSA) is 78.9 Å². The lowest BCUT2D eigenvalue weighted by Gasteiger charge is -2.18. The summed E-state index contributed by atoms with van der Waals surface area (Å²) < 4.78 is 16.8. The lowest BCUT2D eigenvalue weighted by atomic mass is 10.0. The summed E-state index contributed by atoms with van der Waals surface area (Å²) in [6.45, 7) is 6.50. The standard InChI is InChI=1S/C68H124O6/c1-4-7-10-13-15-17-19-21-23-25-27-29-30-31-32-33-34-35-36-37-38-39-41-42-44-46-48-50-52-55-58-61-67(70)73-64-65(63-72-66(69)60-57-54-12-9-6-3)74-68(71)62-59-56-53-51-49-47-45-43-40-28-26-24-22-20-18-16-14-11-8-5-2/h7,10,15,17,21,23,27,29,65H,4-6,8-9,11-14,16,18-20,22,24-26,28,30-64H2,1-3H3/b10-7-,17-15-,23-21-,29-27-. The van der Waals surface area contributed by atoms with Gasteiger partial charge in [0.15, 0.2) is 6.10 Å². The van der Waals surface area contributed by atoms with Gasteiger partial charge in [-0.3, -0.25) is 14.4 Å². The van der Waals surface area contributed by atoms with Crippen molar-refractivity contribution in [1.29, 1.82) is 0 Å². The van der Waals surface area contributed by atoms with Gasteiger partial charge in [0.25, 0.3) is 0 Å². The zero-order valence-electron chi connectivity index (χ0n) is 49.6. The molecule has 0 heterocycles. The lowest BCUT2D eigenvalue weighted by Crippen LogP contribution is -2.30. The van der Waals surface area contributed by atoms with E-state index in [1.165, 1.54) is 218 Å². The average molecular weight is 1040 g/mol. The normalized spacial score (nSPS) is 12.3. The van der Waals surface area contributed by atoms with Gasteiger partial charge in [0.2, 0.25) is 0 Å². The summed E-state index contributed by atoms with van der Waals surface area (Å²) >= 11 is 0. The number of carbonyl (C=O) groups is 3. The fraction of sp³-hybridized carbons (Fsp3) is 0.838. The number of carbonyl (C=O) groups excluding carboxylic acids is 3. The smallest absolute Gasteiger partial charge is 0.306 e. The van der Waals surface area contributed by atoms with E-state index < -0.39 is 6.10 Å². The van der Waals surface area contributed by atoms with Gasteiger partial charge in [-0.15, -0.1) is 0 Å². The third-order valence-electron chi connectivity index (χ3n) is 14.6. The number of allylic oxidation sites excluding steroid dienone is 8. The maximum Gasteiger partial charge on any atom is 0.306 e. The van der Waals surface area contributed by atoms with Crippen LogP contribution >= 0.6 is 0 Å². The monoisotopic (exact) mass is 1040 g/mol. The van der Waals surface area contributed by atoms with E-state index in [9.17, 15) is 14.4 Å². The summed E-state index contributed by atoms with van der Waals surface area (Å²) in [6, 6.07) is 0. The van der Waals surface area contributed by atoms with E-state index >= 15 is 0 Å². The van der Waals surface area contributed by atoms with Crippen molar-refractivity contribution in [2.45, 2.75) is 354 Å². The largest absolute Gasteiger partial charge is 0.462 e. The van der Waals surface area contributed by atoms with Crippen LogP contribution in [-0.4, -0.2) is 37.2 Å². The maximum absolute atomic E-state index is 12.8. The van der Waals surface area contributed by atoms with Crippen LogP contribution in [0.2, 0.25) is 0 Å². The highest BCUT2D eigenvalue weighted by atomic mass is 16.6. The first kappa shape index (κ1) is 71.4. The Morgan fingerprint density at radius 3 is 0.824 bits per heavy atom. The predicted molar refractivity (Wildman–Crippen MR) is 321 cm³/mol. The molecule has 0 aromatic carbocycles. The molecule has 0 saturated heterocycles. The molecular formula is C68H124O6. The molecule has 74 heavy (non-hydrogen) atoms. The first-order chi connectivity index (χ1) is 36.5. The minimum Gasteiger partial charge on any atom is -0.462 e. The van der Waals surface area contributed by atoms with Crippen LogP contribution in [-0.2, 0) is 28.6 Å². The van der Waals surface area contributed by atoms with Crippen molar-refractivity contribution in [2.24, 2.45) is 0 Å². The molecule has 432 valence electrons. The molecule has 1 atom stereocenters. The molecule has 6 heteroatoms. The van der Waals surface area contributed by atoms with Gasteiger partial charge in [-0.05, 0) is 57.8 Å². The second kappa shape index (κ2) is 62.9. The van der Waals surface area contributed by atoms with Gasteiger partial charge in [-0.1, -0.05) is 320 Å². The Morgan fingerprint density at radius 1 is 0.284 bits per heavy atom. The summed E-state index contributed by atoms with van der Waals surface area (Å²) in [5.74, 6) is -0.859. The summed E-state index contributed by atoms with van der Waals surface area (Å²) in [7, 11) is 0. The molecule has 0 amide bonds. The van der Waals surface area contributed by atoms with Gasteiger partial charge in [0.05, 0.1) is 0 Å². The maximum atomic E-state index is 12.8. The van der Waals surface area contributed by atoms with Crippen LogP contribution in [0.1, 0.15) is 348 Å². The Bertz CT molecular complexity index is 1280. The molecule has 0 rings (SSSR count). The second-order valence-electron chi connectivity index (χ2n) is 22.0. The molecule has 0 spiro atoms. The number of hydrogen-bond acceptors (Lipinski definition) is 6. The van der Waals surface area contributed by atoms with Crippen LogP contribution in [0.15, 0.2) is 48.6 Å². The van der Waals surface area contributed by atoms with E-state index in [0.29, 0.717) is 19.3 Å². The van der Waals surface area contributed by atoms with Crippen LogP contribution < -0.4 is 0 Å². The second-order valence-corrected chi connectivity index (χ2v) is 22.0. The first-order valence-electron chi connectivity index (χ1n) is 32.6. The molecular weight excluding hydrogens is 913 g/mol. The average Bonchev–Trinajstić information content (AvgIpc) is 3.40. The first-order valence-corrected chi connectivity index (χ1v) is 32.6. The van der Waals surface area contributed by atoms with Crippen molar-refractivity contribution < 1.29 is 28.6 Å². The SMILES string of the molecule is CC/C=C\C/C=C\C/C=C\C/C=C\CCCCCCCCCCCCCCCCCCCCC(=O)OCC(COC(=O)CCCCCCC)OC(=O)CCCCCCCCCCCCCCCCCCCCCC. The van der Waals surface area contributed by atoms with E-state index in [2.05, 4.69) is 69.4 Å². The van der Waals surface area contributed by atoms with Gasteiger partial charge in [0, 0.05) is 19.3 Å². The quantitative estimate of drug-likeness (QED) is 0.0261. The van der Waals surface area contributed by atoms with Crippen molar-refractivity contribution >= 4 is 17.9 Å². The Hall–Kier alpha value is -2.63. The zero-order chi connectivity index (χ0) is 53.6. The van der Waals surface area contributed by atoms with E-state index in [1.54, 1.807) is 0 Å². The van der Waals surface area contributed by atoms with Gasteiger partial charge in [0.1, 0.15) is 13.2 Å². The molecule has 0 N–H and O–H groups in total. The third kappa shape index (κ3) is 60.2. The van der Waals surface area contributed by atoms with Crippen LogP contribution in [0, 0.1) is 0 Å². The van der Waals surface area contributed by atoms with Gasteiger partial charge >= 0.3 is 17.9 Å². The van der Waals surface area contributed by atoms with Gasteiger partial charge in [-0.2, -0.15) is 0 Å². The van der Waals surface area contributed by atoms with Gasteiger partial charge < -0.3 is 14.2 Å². The van der Waals surface area contributed by atoms with Crippen LogP contribution in [0.3, 0.4) is 0 Å². The fourth-order valence-electron chi connectivity index (χ4n) is 9.73. The number of rotatable bonds is 60. The molecule has 0 aliphatic heterocycles. The Kier molecular flexibility index (Phi) is 60.7. The Morgan fingerprint density at radius 2 is 0.527 bits per heavy atom. The molecule has 0 radical (unpaired) electrons. The van der Waals surface area contributed by atoms with E-state index in [-0.39, 0.29) is 31.1 Å². The van der Waals surface area contributed by atoms with Crippen molar-refractivity contribution in [3.05, 3.63) is 48.6 Å². The summed E-state index contributed by atoms with van der Waals surface area (Å²) in [6.07, 6.45) is 79.0. The van der Waals surface area contributed by atoms with Crippen molar-refractivity contribution in [3.8, 4) is 0 Å². The van der Waals surface area contributed by atoms with Crippen LogP contribution in [0.4, 0.5) is 0 Å². The van der Waals surface area contributed by atoms with E-state index in [4.69, 9.17) is 14.2 Å². The minimum atomic E-state index is -0.765. The molecule has 0 fully saturated rings. The van der Waals surface area contributed by atoms with Crippen LogP contribution in [0.25, 0.3) is 0 Å². The number of ether oxygens (including phenoxy) is 3. The summed E-state index contributed by atoms with van der Waals surface area (Å²) in [4.78, 5) is 37.9. The molecule has 0 aromatic rings. The zero-order valence-corrected chi connectivity index (χ0v) is 49.6. The highest BCUT2D eigenvalue weighted by molar-refractivity contribution is 5.71. The van der Waals surface area contributed by atoms with E-state index in [1.807, 2.05) is 0 Å². The number of esters is 3. The van der Waals surface area contributed by atoms with E-state index in [0.717, 1.165) is 89.9 Å². The predicted octanol–water partition coefficient (Wildman–Crippen LogP) is 22.2. The highest BCUT2D eigenvalue weighted by Gasteiger charge is 2.19. The highest BCUT2D eigenvalue weighted by Crippen LogP contribution is 2.18. The summed E-state index contributed by atoms with van der Waals surface area (Å²) in [5.41, 5.74) is 0. The lowest BCUT2D eigenvalue weighted by molar-refractivity contribution is -0.167. The molecule has 1 unspecified atom stereocenters. The molecule has 0 aromatic heterocycles. The fourth-order valence-corrected chi connectivity index (χ4v) is 9.73. The number of unbranched alkanes of at least 4 members (excludes halogenated alkanes) is 41.